The first kappa shape index (κ1) is 15.4. The number of nitrogens with two attached hydrogens (primary N) is 1. The van der Waals surface area contributed by atoms with Crippen molar-refractivity contribution in [1.29, 1.82) is 0 Å². The molecule has 1 unspecified atom stereocenters. The predicted octanol–water partition coefficient (Wildman–Crippen LogP) is 1.79. The van der Waals surface area contributed by atoms with Crippen LogP contribution in [0.2, 0.25) is 0 Å². The third kappa shape index (κ3) is 3.77. The van der Waals surface area contributed by atoms with Crippen LogP contribution in [0.25, 0.3) is 0 Å². The van der Waals surface area contributed by atoms with E-state index in [2.05, 4.69) is 9.71 Å². The molecule has 0 aliphatic heterocycles. The SMILES string of the molecule is CC(NS(=O)(=O)c1ccc(CN)cn1)C1CCCCC1. The van der Waals surface area contributed by atoms with E-state index < -0.39 is 10.0 Å². The van der Waals surface area contributed by atoms with Gasteiger partial charge in [0.25, 0.3) is 10.0 Å². The number of aromatic nitrogens is 1. The zero-order chi connectivity index (χ0) is 14.6. The maximum absolute atomic E-state index is 12.3. The molecule has 0 spiro atoms. The molecule has 1 saturated carbocycles. The van der Waals surface area contributed by atoms with Crippen molar-refractivity contribution in [2.24, 2.45) is 11.7 Å². The minimum atomic E-state index is -3.54. The monoisotopic (exact) mass is 297 g/mol. The summed E-state index contributed by atoms with van der Waals surface area (Å²) < 4.78 is 27.3. The molecule has 0 amide bonds. The van der Waals surface area contributed by atoms with Crippen LogP contribution in [0.4, 0.5) is 0 Å². The first-order chi connectivity index (χ1) is 9.53. The quantitative estimate of drug-likeness (QED) is 0.867. The van der Waals surface area contributed by atoms with Gasteiger partial charge in [0.05, 0.1) is 0 Å². The average molecular weight is 297 g/mol. The van der Waals surface area contributed by atoms with Crippen molar-refractivity contribution in [2.45, 2.75) is 56.6 Å². The van der Waals surface area contributed by atoms with Crippen LogP contribution in [0.1, 0.15) is 44.6 Å². The minimum Gasteiger partial charge on any atom is -0.326 e. The van der Waals surface area contributed by atoms with E-state index in [-0.39, 0.29) is 11.1 Å². The van der Waals surface area contributed by atoms with Crippen molar-refractivity contribution in [2.75, 3.05) is 0 Å². The Hall–Kier alpha value is -0.980. The van der Waals surface area contributed by atoms with Crippen molar-refractivity contribution in [3.05, 3.63) is 23.9 Å². The molecule has 0 radical (unpaired) electrons. The van der Waals surface area contributed by atoms with Crippen LogP contribution in [0, 0.1) is 5.92 Å². The molecule has 1 heterocycles. The Bertz CT molecular complexity index is 522. The predicted molar refractivity (Wildman–Crippen MR) is 78.5 cm³/mol. The molecule has 0 bridgehead atoms. The van der Waals surface area contributed by atoms with Gasteiger partial charge in [-0.2, -0.15) is 0 Å². The summed E-state index contributed by atoms with van der Waals surface area (Å²) in [5, 5.41) is 0.0670. The lowest BCUT2D eigenvalue weighted by Crippen LogP contribution is -2.39. The molecule has 1 atom stereocenters. The highest BCUT2D eigenvalue weighted by molar-refractivity contribution is 7.89. The zero-order valence-electron chi connectivity index (χ0n) is 11.9. The second-order valence-electron chi connectivity index (χ2n) is 5.52. The third-order valence-corrected chi connectivity index (χ3v) is 5.48. The summed E-state index contributed by atoms with van der Waals surface area (Å²) >= 11 is 0. The summed E-state index contributed by atoms with van der Waals surface area (Å²) in [5.41, 5.74) is 6.31. The first-order valence-electron chi connectivity index (χ1n) is 7.20. The van der Waals surface area contributed by atoms with Crippen molar-refractivity contribution in [1.82, 2.24) is 9.71 Å². The first-order valence-corrected chi connectivity index (χ1v) is 8.68. The van der Waals surface area contributed by atoms with Crippen molar-refractivity contribution in [3.63, 3.8) is 0 Å². The minimum absolute atomic E-state index is 0.0451. The number of pyridine rings is 1. The van der Waals surface area contributed by atoms with Gasteiger partial charge >= 0.3 is 0 Å². The van der Waals surface area contributed by atoms with Gasteiger partial charge in [-0.15, -0.1) is 0 Å². The molecule has 2 rings (SSSR count). The lowest BCUT2D eigenvalue weighted by Gasteiger charge is -2.27. The fourth-order valence-electron chi connectivity index (χ4n) is 2.73. The van der Waals surface area contributed by atoms with E-state index in [9.17, 15) is 8.42 Å². The van der Waals surface area contributed by atoms with Gasteiger partial charge < -0.3 is 5.73 Å². The van der Waals surface area contributed by atoms with Gasteiger partial charge in [0.15, 0.2) is 5.03 Å². The molecule has 0 saturated heterocycles. The van der Waals surface area contributed by atoms with E-state index in [4.69, 9.17) is 5.73 Å². The summed E-state index contributed by atoms with van der Waals surface area (Å²) in [6, 6.07) is 3.17. The average Bonchev–Trinajstić information content (AvgIpc) is 2.48. The summed E-state index contributed by atoms with van der Waals surface area (Å²) in [6.07, 6.45) is 7.37. The second kappa shape index (κ2) is 6.65. The van der Waals surface area contributed by atoms with Gasteiger partial charge in [0, 0.05) is 18.8 Å². The maximum Gasteiger partial charge on any atom is 0.258 e. The van der Waals surface area contributed by atoms with E-state index >= 15 is 0 Å². The fraction of sp³-hybridized carbons (Fsp3) is 0.643. The van der Waals surface area contributed by atoms with Gasteiger partial charge in [0.1, 0.15) is 0 Å². The number of sulfonamides is 1. The Labute approximate surface area is 121 Å². The van der Waals surface area contributed by atoms with Crippen LogP contribution in [-0.4, -0.2) is 19.4 Å². The molecule has 5 nitrogen and oxygen atoms in total. The van der Waals surface area contributed by atoms with E-state index in [0.717, 1.165) is 18.4 Å². The lowest BCUT2D eigenvalue weighted by atomic mass is 9.85. The molecule has 0 aromatic carbocycles. The standard InChI is InChI=1S/C14H23N3O2S/c1-11(13-5-3-2-4-6-13)17-20(18,19)14-8-7-12(9-15)10-16-14/h7-8,10-11,13,17H,2-6,9,15H2,1H3. The molecular weight excluding hydrogens is 274 g/mol. The molecule has 1 aromatic heterocycles. The maximum atomic E-state index is 12.3. The van der Waals surface area contributed by atoms with Gasteiger partial charge in [-0.3, -0.25) is 0 Å². The van der Waals surface area contributed by atoms with Gasteiger partial charge in [-0.1, -0.05) is 25.3 Å². The summed E-state index contributed by atoms with van der Waals surface area (Å²) in [6.45, 7) is 2.31. The lowest BCUT2D eigenvalue weighted by molar-refractivity contribution is 0.303. The third-order valence-electron chi connectivity index (χ3n) is 4.01. The van der Waals surface area contributed by atoms with Crippen LogP contribution in [-0.2, 0) is 16.6 Å². The van der Waals surface area contributed by atoms with E-state index in [1.54, 1.807) is 6.07 Å². The van der Waals surface area contributed by atoms with Crippen molar-refractivity contribution in [3.8, 4) is 0 Å². The second-order valence-corrected chi connectivity index (χ2v) is 7.18. The molecule has 20 heavy (non-hydrogen) atoms. The Kier molecular flexibility index (Phi) is 5.12. The Balaban J connectivity index is 2.05. The van der Waals surface area contributed by atoms with E-state index in [1.807, 2.05) is 6.92 Å². The van der Waals surface area contributed by atoms with Gasteiger partial charge in [0.2, 0.25) is 0 Å². The van der Waals surface area contributed by atoms with Gasteiger partial charge in [-0.25, -0.2) is 18.1 Å². The van der Waals surface area contributed by atoms with Crippen molar-refractivity contribution >= 4 is 10.0 Å². The molecule has 6 heteroatoms. The van der Waals surface area contributed by atoms with Crippen LogP contribution in [0.15, 0.2) is 23.4 Å². The highest BCUT2D eigenvalue weighted by atomic mass is 32.2. The normalized spacial score (nSPS) is 18.9. The van der Waals surface area contributed by atoms with Crippen LogP contribution in [0.5, 0.6) is 0 Å². The van der Waals surface area contributed by atoms with Crippen LogP contribution in [0.3, 0.4) is 0 Å². The summed E-state index contributed by atoms with van der Waals surface area (Å²) in [5.74, 6) is 0.432. The molecule has 1 aliphatic rings. The molecule has 3 N–H and O–H groups in total. The molecule has 1 aliphatic carbocycles. The Morgan fingerprint density at radius 2 is 2.05 bits per heavy atom. The zero-order valence-corrected chi connectivity index (χ0v) is 12.7. The molecular formula is C14H23N3O2S. The van der Waals surface area contributed by atoms with Gasteiger partial charge in [-0.05, 0) is 37.3 Å². The molecule has 112 valence electrons. The van der Waals surface area contributed by atoms with E-state index in [0.29, 0.717) is 12.5 Å². The number of hydrogen-bond acceptors (Lipinski definition) is 4. The Morgan fingerprint density at radius 1 is 1.35 bits per heavy atom. The smallest absolute Gasteiger partial charge is 0.258 e. The highest BCUT2D eigenvalue weighted by Gasteiger charge is 2.25. The molecule has 1 aromatic rings. The summed E-state index contributed by atoms with van der Waals surface area (Å²) in [7, 11) is -3.54. The van der Waals surface area contributed by atoms with Crippen molar-refractivity contribution < 1.29 is 8.42 Å². The number of nitrogens with zero attached hydrogens (tertiary/aromatic N) is 1. The van der Waals surface area contributed by atoms with E-state index in [1.165, 1.54) is 31.5 Å². The fourth-order valence-corrected chi connectivity index (χ4v) is 3.97. The topological polar surface area (TPSA) is 85.1 Å². The Morgan fingerprint density at radius 3 is 2.60 bits per heavy atom. The highest BCUT2D eigenvalue weighted by Crippen LogP contribution is 2.27. The number of nitrogens with one attached hydrogen (secondary N) is 1. The number of hydrogen-bond donors (Lipinski definition) is 2. The largest absolute Gasteiger partial charge is 0.326 e. The van der Waals surface area contributed by atoms with Crippen LogP contribution < -0.4 is 10.5 Å². The number of rotatable bonds is 5. The summed E-state index contributed by atoms with van der Waals surface area (Å²) in [4.78, 5) is 3.99. The molecule has 1 fully saturated rings. The van der Waals surface area contributed by atoms with Crippen LogP contribution >= 0.6 is 0 Å².